The van der Waals surface area contributed by atoms with Crippen molar-refractivity contribution in [3.63, 3.8) is 0 Å². The molecule has 3 aromatic rings. The number of nitrogens with one attached hydrogen (secondary N) is 1. The van der Waals surface area contributed by atoms with Gasteiger partial charge in [-0.25, -0.2) is 0 Å². The summed E-state index contributed by atoms with van der Waals surface area (Å²) in [4.78, 5) is 12.3. The third kappa shape index (κ3) is 4.21. The van der Waals surface area contributed by atoms with Crippen LogP contribution in [0.2, 0.25) is 5.02 Å². The number of carbonyl (C=O) groups is 1. The Labute approximate surface area is 156 Å². The highest BCUT2D eigenvalue weighted by atomic mass is 35.5. The summed E-state index contributed by atoms with van der Waals surface area (Å²) in [6.45, 7) is 1.96. The SMILES string of the molecule is Cc1ccc(NC(=O)C(C#N)=Cc2ccc(-c3ccc(Cl)cc3)o2)cc1. The molecule has 5 heteroatoms. The van der Waals surface area contributed by atoms with E-state index >= 15 is 0 Å². The molecular weight excluding hydrogens is 348 g/mol. The van der Waals surface area contributed by atoms with Crippen molar-refractivity contribution in [3.05, 3.63) is 82.6 Å². The van der Waals surface area contributed by atoms with Crippen molar-refractivity contribution in [2.45, 2.75) is 6.92 Å². The number of rotatable bonds is 4. The monoisotopic (exact) mass is 362 g/mol. The largest absolute Gasteiger partial charge is 0.457 e. The number of amides is 1. The van der Waals surface area contributed by atoms with E-state index in [1.807, 2.05) is 37.3 Å². The van der Waals surface area contributed by atoms with Crippen LogP contribution in [0.3, 0.4) is 0 Å². The molecule has 0 unspecified atom stereocenters. The van der Waals surface area contributed by atoms with E-state index in [2.05, 4.69) is 5.32 Å². The molecule has 128 valence electrons. The fourth-order valence-corrected chi connectivity index (χ4v) is 2.45. The normalized spacial score (nSPS) is 11.0. The quantitative estimate of drug-likeness (QED) is 0.495. The number of hydrogen-bond acceptors (Lipinski definition) is 3. The lowest BCUT2D eigenvalue weighted by molar-refractivity contribution is -0.112. The topological polar surface area (TPSA) is 66.0 Å². The lowest BCUT2D eigenvalue weighted by atomic mass is 10.2. The molecule has 0 bridgehead atoms. The Hall–Kier alpha value is -3.29. The van der Waals surface area contributed by atoms with Gasteiger partial charge in [-0.15, -0.1) is 0 Å². The molecule has 1 amide bonds. The fraction of sp³-hybridized carbons (Fsp3) is 0.0476. The minimum atomic E-state index is -0.485. The first-order valence-corrected chi connectivity index (χ1v) is 8.28. The van der Waals surface area contributed by atoms with Gasteiger partial charge in [-0.3, -0.25) is 4.79 Å². The van der Waals surface area contributed by atoms with E-state index in [1.165, 1.54) is 6.08 Å². The number of nitrogens with zero attached hydrogens (tertiary/aromatic N) is 1. The zero-order valence-electron chi connectivity index (χ0n) is 14.0. The zero-order valence-corrected chi connectivity index (χ0v) is 14.7. The molecule has 0 saturated heterocycles. The second-order valence-corrected chi connectivity index (χ2v) is 6.14. The van der Waals surface area contributed by atoms with Crippen LogP contribution in [0.4, 0.5) is 5.69 Å². The standard InChI is InChI=1S/C21H15ClN2O2/c1-14-2-8-18(9-3-14)24-21(25)16(13-23)12-19-10-11-20(26-19)15-4-6-17(22)7-5-15/h2-12H,1H3,(H,24,25). The number of furan rings is 1. The molecule has 3 rings (SSSR count). The van der Waals surface area contributed by atoms with E-state index in [9.17, 15) is 10.1 Å². The summed E-state index contributed by atoms with van der Waals surface area (Å²) >= 11 is 5.88. The van der Waals surface area contributed by atoms with Crippen LogP contribution in [-0.2, 0) is 4.79 Å². The molecule has 1 N–H and O–H groups in total. The molecule has 1 aromatic heterocycles. The number of carbonyl (C=O) groups excluding carboxylic acids is 1. The van der Waals surface area contributed by atoms with Crippen LogP contribution in [0.1, 0.15) is 11.3 Å². The van der Waals surface area contributed by atoms with Crippen LogP contribution >= 0.6 is 11.6 Å². The Bertz CT molecular complexity index is 994. The van der Waals surface area contributed by atoms with Gasteiger partial charge in [0.25, 0.3) is 5.91 Å². The molecular formula is C21H15ClN2O2. The molecule has 0 aliphatic carbocycles. The number of anilines is 1. The average molecular weight is 363 g/mol. The van der Waals surface area contributed by atoms with Crippen molar-refractivity contribution < 1.29 is 9.21 Å². The van der Waals surface area contributed by atoms with Gasteiger partial charge in [0.2, 0.25) is 0 Å². The molecule has 4 nitrogen and oxygen atoms in total. The maximum atomic E-state index is 12.3. The van der Waals surface area contributed by atoms with Crippen molar-refractivity contribution in [1.29, 1.82) is 5.26 Å². The van der Waals surface area contributed by atoms with Gasteiger partial charge in [-0.1, -0.05) is 29.3 Å². The number of nitriles is 1. The van der Waals surface area contributed by atoms with Crippen molar-refractivity contribution in [2.75, 3.05) is 5.32 Å². The van der Waals surface area contributed by atoms with Crippen LogP contribution in [0.5, 0.6) is 0 Å². The van der Waals surface area contributed by atoms with Gasteiger partial charge in [0.05, 0.1) is 0 Å². The van der Waals surface area contributed by atoms with E-state index in [1.54, 1.807) is 36.4 Å². The molecule has 1 heterocycles. The number of benzene rings is 2. The number of halogens is 1. The van der Waals surface area contributed by atoms with Gasteiger partial charge < -0.3 is 9.73 Å². The molecule has 0 aliphatic heterocycles. The van der Waals surface area contributed by atoms with Gasteiger partial charge in [-0.05, 0) is 55.5 Å². The summed E-state index contributed by atoms with van der Waals surface area (Å²) in [6.07, 6.45) is 1.42. The fourth-order valence-electron chi connectivity index (χ4n) is 2.33. The highest BCUT2D eigenvalue weighted by Crippen LogP contribution is 2.25. The van der Waals surface area contributed by atoms with Crippen molar-refractivity contribution >= 4 is 29.3 Å². The summed E-state index contributed by atoms with van der Waals surface area (Å²) in [7, 11) is 0. The third-order valence-electron chi connectivity index (χ3n) is 3.72. The second kappa shape index (κ2) is 7.73. The number of aryl methyl sites for hydroxylation is 1. The van der Waals surface area contributed by atoms with Gasteiger partial charge in [-0.2, -0.15) is 5.26 Å². The summed E-state index contributed by atoms with van der Waals surface area (Å²) in [5.41, 5.74) is 2.53. The van der Waals surface area contributed by atoms with Crippen molar-refractivity contribution in [1.82, 2.24) is 0 Å². The minimum absolute atomic E-state index is 0.0393. The predicted octanol–water partition coefficient (Wildman–Crippen LogP) is 5.45. The lowest BCUT2D eigenvalue weighted by Crippen LogP contribution is -2.13. The Morgan fingerprint density at radius 3 is 2.42 bits per heavy atom. The van der Waals surface area contributed by atoms with Gasteiger partial charge >= 0.3 is 0 Å². The van der Waals surface area contributed by atoms with E-state index < -0.39 is 5.91 Å². The first-order valence-electron chi connectivity index (χ1n) is 7.91. The minimum Gasteiger partial charge on any atom is -0.457 e. The highest BCUT2D eigenvalue weighted by Gasteiger charge is 2.11. The maximum Gasteiger partial charge on any atom is 0.266 e. The van der Waals surface area contributed by atoms with E-state index in [0.29, 0.717) is 22.2 Å². The van der Waals surface area contributed by atoms with Crippen molar-refractivity contribution in [2.24, 2.45) is 0 Å². The zero-order chi connectivity index (χ0) is 18.5. The summed E-state index contributed by atoms with van der Waals surface area (Å²) < 4.78 is 5.71. The Balaban J connectivity index is 1.78. The van der Waals surface area contributed by atoms with Gasteiger partial charge in [0.1, 0.15) is 23.2 Å². The van der Waals surface area contributed by atoms with Crippen LogP contribution in [-0.4, -0.2) is 5.91 Å². The molecule has 2 aromatic carbocycles. The van der Waals surface area contributed by atoms with Gasteiger partial charge in [0, 0.05) is 22.3 Å². The Morgan fingerprint density at radius 1 is 1.08 bits per heavy atom. The summed E-state index contributed by atoms with van der Waals surface area (Å²) in [5.74, 6) is 0.565. The summed E-state index contributed by atoms with van der Waals surface area (Å²) in [6, 6.07) is 20.0. The van der Waals surface area contributed by atoms with E-state index in [0.717, 1.165) is 11.1 Å². The third-order valence-corrected chi connectivity index (χ3v) is 3.97. The number of hydrogen-bond donors (Lipinski definition) is 1. The molecule has 0 atom stereocenters. The second-order valence-electron chi connectivity index (χ2n) is 5.70. The average Bonchev–Trinajstić information content (AvgIpc) is 3.11. The van der Waals surface area contributed by atoms with E-state index in [-0.39, 0.29) is 5.57 Å². The summed E-state index contributed by atoms with van der Waals surface area (Å²) in [5, 5.41) is 12.6. The molecule has 0 aliphatic rings. The Kier molecular flexibility index (Phi) is 5.21. The lowest BCUT2D eigenvalue weighted by Gasteiger charge is -2.04. The Morgan fingerprint density at radius 2 is 1.77 bits per heavy atom. The molecule has 0 saturated carbocycles. The highest BCUT2D eigenvalue weighted by molar-refractivity contribution is 6.30. The first kappa shape index (κ1) is 17.5. The maximum absolute atomic E-state index is 12.3. The van der Waals surface area contributed by atoms with Crippen molar-refractivity contribution in [3.8, 4) is 17.4 Å². The van der Waals surface area contributed by atoms with Crippen LogP contribution in [0.15, 0.2) is 70.7 Å². The van der Waals surface area contributed by atoms with Crippen LogP contribution in [0.25, 0.3) is 17.4 Å². The van der Waals surface area contributed by atoms with Crippen LogP contribution < -0.4 is 5.32 Å². The van der Waals surface area contributed by atoms with Gasteiger partial charge in [0.15, 0.2) is 0 Å². The molecule has 0 radical (unpaired) electrons. The first-order chi connectivity index (χ1) is 12.5. The van der Waals surface area contributed by atoms with E-state index in [4.69, 9.17) is 16.0 Å². The predicted molar refractivity (Wildman–Crippen MR) is 103 cm³/mol. The molecule has 0 fully saturated rings. The molecule has 0 spiro atoms. The smallest absolute Gasteiger partial charge is 0.266 e. The molecule has 26 heavy (non-hydrogen) atoms. The van der Waals surface area contributed by atoms with Crippen LogP contribution in [0, 0.1) is 18.3 Å².